The number of allylic oxidation sites excluding steroid dienone is 4. The minimum absolute atomic E-state index is 0.611. The van der Waals surface area contributed by atoms with E-state index in [1.54, 1.807) is 0 Å². The SMILES string of the molecule is CC(C)C1CC2C(c3ccccn3)=CC=CC2C1[Si](C)(C)N1CNCNC1. The number of nitrogens with zero attached hydrogens (tertiary/aromatic N) is 2. The third-order valence-electron chi connectivity index (χ3n) is 7.18. The van der Waals surface area contributed by atoms with E-state index < -0.39 is 8.24 Å². The number of fused-ring (bicyclic) bond motifs is 1. The van der Waals surface area contributed by atoms with Crippen LogP contribution in [0.2, 0.25) is 18.6 Å². The Morgan fingerprint density at radius 1 is 1.19 bits per heavy atom. The highest BCUT2D eigenvalue weighted by atomic mass is 28.3. The number of rotatable bonds is 4. The number of hydrogen-bond acceptors (Lipinski definition) is 4. The van der Waals surface area contributed by atoms with Crippen molar-refractivity contribution in [1.29, 1.82) is 0 Å². The van der Waals surface area contributed by atoms with Crippen LogP contribution in [0.15, 0.2) is 42.6 Å². The van der Waals surface area contributed by atoms with Crippen molar-refractivity contribution < 1.29 is 0 Å². The molecule has 0 spiro atoms. The molecule has 1 saturated carbocycles. The highest BCUT2D eigenvalue weighted by Crippen LogP contribution is 2.58. The van der Waals surface area contributed by atoms with E-state index in [9.17, 15) is 0 Å². The van der Waals surface area contributed by atoms with Crippen molar-refractivity contribution in [1.82, 2.24) is 20.2 Å². The number of nitrogens with one attached hydrogen (secondary N) is 2. The second kappa shape index (κ2) is 7.63. The van der Waals surface area contributed by atoms with Crippen molar-refractivity contribution in [2.75, 3.05) is 20.0 Å². The molecule has 0 amide bonds. The molecule has 1 aromatic rings. The Morgan fingerprint density at radius 2 is 1.96 bits per heavy atom. The molecule has 2 fully saturated rings. The lowest BCUT2D eigenvalue weighted by Crippen LogP contribution is -2.63. The molecule has 0 aromatic carbocycles. The topological polar surface area (TPSA) is 40.2 Å². The standard InChI is InChI=1S/C22H34N4Si/c1-16(2)19-12-20-17(21-10-5-6-11-25-21)8-7-9-18(20)22(19)27(3,4)26-14-23-13-24-15-26/h5-11,16,18-20,22-24H,12-15H2,1-4H3. The average Bonchev–Trinajstić information content (AvgIpc) is 3.10. The molecular formula is C22H34N4Si. The van der Waals surface area contributed by atoms with E-state index in [2.05, 4.69) is 77.5 Å². The van der Waals surface area contributed by atoms with Crippen LogP contribution in [0.25, 0.3) is 5.57 Å². The average molecular weight is 383 g/mol. The van der Waals surface area contributed by atoms with E-state index in [0.29, 0.717) is 11.8 Å². The van der Waals surface area contributed by atoms with Gasteiger partial charge in [0.1, 0.15) is 8.24 Å². The van der Waals surface area contributed by atoms with Crippen LogP contribution in [-0.2, 0) is 0 Å². The molecule has 4 atom stereocenters. The van der Waals surface area contributed by atoms with E-state index in [1.165, 1.54) is 17.7 Å². The minimum Gasteiger partial charge on any atom is -0.299 e. The Hall–Kier alpha value is -1.27. The zero-order chi connectivity index (χ0) is 19.0. The summed E-state index contributed by atoms with van der Waals surface area (Å²) in [6.45, 7) is 13.0. The quantitative estimate of drug-likeness (QED) is 0.775. The Kier molecular flexibility index (Phi) is 5.38. The second-order valence-electron chi connectivity index (χ2n) is 9.26. The maximum Gasteiger partial charge on any atom is 0.129 e. The molecule has 2 heterocycles. The van der Waals surface area contributed by atoms with Gasteiger partial charge in [0.25, 0.3) is 0 Å². The predicted molar refractivity (Wildman–Crippen MR) is 115 cm³/mol. The van der Waals surface area contributed by atoms with Gasteiger partial charge in [0, 0.05) is 26.2 Å². The fourth-order valence-corrected chi connectivity index (χ4v) is 10.1. The van der Waals surface area contributed by atoms with Crippen LogP contribution >= 0.6 is 0 Å². The highest BCUT2D eigenvalue weighted by Gasteiger charge is 2.54. The molecule has 0 bridgehead atoms. The lowest BCUT2D eigenvalue weighted by Gasteiger charge is -2.48. The summed E-state index contributed by atoms with van der Waals surface area (Å²) < 4.78 is 2.73. The van der Waals surface area contributed by atoms with Gasteiger partial charge in [-0.2, -0.15) is 0 Å². The summed E-state index contributed by atoms with van der Waals surface area (Å²) in [6, 6.07) is 6.31. The molecule has 5 heteroatoms. The molecular weight excluding hydrogens is 348 g/mol. The normalized spacial score (nSPS) is 31.8. The maximum absolute atomic E-state index is 4.69. The van der Waals surface area contributed by atoms with Gasteiger partial charge in [-0.3, -0.25) is 20.2 Å². The van der Waals surface area contributed by atoms with Crippen LogP contribution in [0.1, 0.15) is 26.0 Å². The lowest BCUT2D eigenvalue weighted by atomic mass is 9.83. The molecule has 4 unspecified atom stereocenters. The van der Waals surface area contributed by atoms with Crippen molar-refractivity contribution in [3.8, 4) is 0 Å². The molecule has 2 N–H and O–H groups in total. The fraction of sp³-hybridized carbons (Fsp3) is 0.591. The van der Waals surface area contributed by atoms with Crippen LogP contribution in [0.5, 0.6) is 0 Å². The van der Waals surface area contributed by atoms with E-state index in [4.69, 9.17) is 0 Å². The lowest BCUT2D eigenvalue weighted by molar-refractivity contribution is 0.272. The first-order chi connectivity index (χ1) is 13.0. The van der Waals surface area contributed by atoms with Crippen molar-refractivity contribution >= 4 is 13.8 Å². The molecule has 0 radical (unpaired) electrons. The summed E-state index contributed by atoms with van der Waals surface area (Å²) in [7, 11) is -1.62. The Bertz CT molecular complexity index is 706. The van der Waals surface area contributed by atoms with Gasteiger partial charge in [0.15, 0.2) is 0 Å². The summed E-state index contributed by atoms with van der Waals surface area (Å²) in [4.78, 5) is 4.69. The summed E-state index contributed by atoms with van der Waals surface area (Å²) in [5, 5.41) is 7.05. The molecule has 4 nitrogen and oxygen atoms in total. The summed E-state index contributed by atoms with van der Waals surface area (Å²) in [5.74, 6) is 2.75. The smallest absolute Gasteiger partial charge is 0.129 e. The zero-order valence-electron chi connectivity index (χ0n) is 17.2. The summed E-state index contributed by atoms with van der Waals surface area (Å²) >= 11 is 0. The Labute approximate surface area is 165 Å². The highest BCUT2D eigenvalue weighted by molar-refractivity contribution is 6.76. The van der Waals surface area contributed by atoms with Gasteiger partial charge in [0.2, 0.25) is 0 Å². The zero-order valence-corrected chi connectivity index (χ0v) is 18.2. The number of pyridine rings is 1. The number of hydrogen-bond donors (Lipinski definition) is 2. The van der Waals surface area contributed by atoms with Gasteiger partial charge >= 0.3 is 0 Å². The summed E-state index contributed by atoms with van der Waals surface area (Å²) in [6.07, 6.45) is 10.4. The van der Waals surface area contributed by atoms with Crippen molar-refractivity contribution in [3.05, 3.63) is 48.3 Å². The largest absolute Gasteiger partial charge is 0.299 e. The van der Waals surface area contributed by atoms with Crippen LogP contribution < -0.4 is 10.6 Å². The van der Waals surface area contributed by atoms with Crippen molar-refractivity contribution in [2.45, 2.75) is 38.9 Å². The third kappa shape index (κ3) is 3.46. The van der Waals surface area contributed by atoms with Gasteiger partial charge in [-0.05, 0) is 53.3 Å². The van der Waals surface area contributed by atoms with Gasteiger partial charge in [-0.25, -0.2) is 0 Å². The first kappa shape index (κ1) is 19.1. The van der Waals surface area contributed by atoms with E-state index >= 15 is 0 Å². The Balaban J connectivity index is 1.68. The van der Waals surface area contributed by atoms with Crippen LogP contribution in [-0.4, -0.2) is 37.8 Å². The van der Waals surface area contributed by atoms with E-state index in [0.717, 1.165) is 37.4 Å². The maximum atomic E-state index is 4.69. The monoisotopic (exact) mass is 382 g/mol. The third-order valence-corrected chi connectivity index (χ3v) is 11.6. The Morgan fingerprint density at radius 3 is 2.63 bits per heavy atom. The minimum atomic E-state index is -1.62. The van der Waals surface area contributed by atoms with Crippen molar-refractivity contribution in [3.63, 3.8) is 0 Å². The molecule has 1 aromatic heterocycles. The molecule has 1 aliphatic heterocycles. The molecule has 1 saturated heterocycles. The van der Waals surface area contributed by atoms with Crippen LogP contribution in [0.3, 0.4) is 0 Å². The van der Waals surface area contributed by atoms with Gasteiger partial charge < -0.3 is 0 Å². The molecule has 2 aliphatic carbocycles. The molecule has 27 heavy (non-hydrogen) atoms. The molecule has 4 rings (SSSR count). The van der Waals surface area contributed by atoms with E-state index in [-0.39, 0.29) is 0 Å². The second-order valence-corrected chi connectivity index (χ2v) is 13.9. The van der Waals surface area contributed by atoms with E-state index in [1.807, 2.05) is 12.3 Å². The van der Waals surface area contributed by atoms with Gasteiger partial charge in [-0.15, -0.1) is 0 Å². The number of aromatic nitrogens is 1. The van der Waals surface area contributed by atoms with Gasteiger partial charge in [-0.1, -0.05) is 51.2 Å². The predicted octanol–water partition coefficient (Wildman–Crippen LogP) is 3.89. The van der Waals surface area contributed by atoms with Crippen LogP contribution in [0.4, 0.5) is 0 Å². The first-order valence-electron chi connectivity index (χ1n) is 10.5. The molecule has 3 aliphatic rings. The molecule has 146 valence electrons. The fourth-order valence-electron chi connectivity index (χ4n) is 5.77. The van der Waals surface area contributed by atoms with Crippen LogP contribution in [0, 0.1) is 23.7 Å². The summed E-state index contributed by atoms with van der Waals surface area (Å²) in [5.41, 5.74) is 3.39. The van der Waals surface area contributed by atoms with Crippen molar-refractivity contribution in [2.24, 2.45) is 23.7 Å². The van der Waals surface area contributed by atoms with Gasteiger partial charge in [0.05, 0.1) is 5.69 Å². The first-order valence-corrected chi connectivity index (χ1v) is 13.5.